The minimum atomic E-state index is 0.856. The number of thiazole rings is 1. The topological polar surface area (TPSA) is 40.5 Å². The standard InChI is InChI=1S/C15H21BrN4S2/c1-10-13(21-11(2)19-10)7-8-18-15(17-3)20(4)9-12-5-6-14(16)22-12/h5-6H,7-9H2,1-4H3,(H,17,18). The summed E-state index contributed by atoms with van der Waals surface area (Å²) in [6.07, 6.45) is 0.981. The Labute approximate surface area is 148 Å². The van der Waals surface area contributed by atoms with Crippen LogP contribution in [0.5, 0.6) is 0 Å². The van der Waals surface area contributed by atoms with Gasteiger partial charge in [-0.1, -0.05) is 0 Å². The van der Waals surface area contributed by atoms with Gasteiger partial charge in [-0.2, -0.15) is 0 Å². The number of aromatic nitrogens is 1. The van der Waals surface area contributed by atoms with Crippen molar-refractivity contribution in [1.29, 1.82) is 0 Å². The quantitative estimate of drug-likeness (QED) is 0.612. The lowest BCUT2D eigenvalue weighted by Crippen LogP contribution is -2.39. The van der Waals surface area contributed by atoms with Gasteiger partial charge < -0.3 is 10.2 Å². The third-order valence-electron chi connectivity index (χ3n) is 3.23. The molecule has 0 spiro atoms. The number of hydrogen-bond acceptors (Lipinski definition) is 4. The van der Waals surface area contributed by atoms with E-state index < -0.39 is 0 Å². The Balaban J connectivity index is 1.85. The van der Waals surface area contributed by atoms with Crippen LogP contribution in [0.4, 0.5) is 0 Å². The normalized spacial score (nSPS) is 11.8. The van der Waals surface area contributed by atoms with Crippen molar-refractivity contribution < 1.29 is 0 Å². The fourth-order valence-corrected chi connectivity index (χ4v) is 4.70. The van der Waals surface area contributed by atoms with Gasteiger partial charge in [0.2, 0.25) is 0 Å². The third-order valence-corrected chi connectivity index (χ3v) is 5.97. The molecule has 2 rings (SSSR count). The van der Waals surface area contributed by atoms with Crippen LogP contribution in [-0.4, -0.2) is 36.5 Å². The molecule has 0 saturated heterocycles. The van der Waals surface area contributed by atoms with Crippen molar-refractivity contribution in [2.45, 2.75) is 26.8 Å². The van der Waals surface area contributed by atoms with Gasteiger partial charge in [-0.3, -0.25) is 4.99 Å². The first-order valence-corrected chi connectivity index (χ1v) is 9.51. The zero-order valence-electron chi connectivity index (χ0n) is 13.3. The second-order valence-electron chi connectivity index (χ2n) is 5.03. The van der Waals surface area contributed by atoms with E-state index in [2.05, 4.69) is 69.2 Å². The predicted octanol–water partition coefficient (Wildman–Crippen LogP) is 3.83. The molecule has 0 aromatic carbocycles. The molecule has 0 amide bonds. The van der Waals surface area contributed by atoms with Crippen molar-refractivity contribution in [3.63, 3.8) is 0 Å². The number of aliphatic imine (C=N–C) groups is 1. The Hall–Kier alpha value is -0.920. The van der Waals surface area contributed by atoms with E-state index >= 15 is 0 Å². The Morgan fingerprint density at radius 1 is 1.36 bits per heavy atom. The number of rotatable bonds is 5. The van der Waals surface area contributed by atoms with Crippen LogP contribution in [0, 0.1) is 13.8 Å². The van der Waals surface area contributed by atoms with Crippen molar-refractivity contribution in [3.8, 4) is 0 Å². The molecule has 0 saturated carbocycles. The lowest BCUT2D eigenvalue weighted by molar-refractivity contribution is 0.482. The predicted molar refractivity (Wildman–Crippen MR) is 100 cm³/mol. The summed E-state index contributed by atoms with van der Waals surface area (Å²) in [6, 6.07) is 4.22. The van der Waals surface area contributed by atoms with E-state index in [0.29, 0.717) is 0 Å². The summed E-state index contributed by atoms with van der Waals surface area (Å²) in [4.78, 5) is 13.6. The van der Waals surface area contributed by atoms with Gasteiger partial charge in [-0.15, -0.1) is 22.7 Å². The van der Waals surface area contributed by atoms with Gasteiger partial charge in [0.05, 0.1) is 21.0 Å². The average Bonchev–Trinajstić information content (AvgIpc) is 3.00. The van der Waals surface area contributed by atoms with Crippen LogP contribution in [-0.2, 0) is 13.0 Å². The molecule has 0 aliphatic heterocycles. The van der Waals surface area contributed by atoms with Crippen LogP contribution in [0.25, 0.3) is 0 Å². The highest BCUT2D eigenvalue weighted by Crippen LogP contribution is 2.23. The Morgan fingerprint density at radius 3 is 2.68 bits per heavy atom. The molecule has 2 aromatic heterocycles. The molecule has 0 bridgehead atoms. The second-order valence-corrected chi connectivity index (χ2v) is 8.86. The summed E-state index contributed by atoms with van der Waals surface area (Å²) in [5.74, 6) is 0.920. The smallest absolute Gasteiger partial charge is 0.193 e. The third kappa shape index (κ3) is 4.79. The van der Waals surface area contributed by atoms with Crippen LogP contribution in [0.3, 0.4) is 0 Å². The average molecular weight is 401 g/mol. The SMILES string of the molecule is CN=C(NCCc1sc(C)nc1C)N(C)Cc1ccc(Br)s1. The van der Waals surface area contributed by atoms with Gasteiger partial charge in [-0.25, -0.2) is 4.98 Å². The van der Waals surface area contributed by atoms with Gasteiger partial charge in [0.1, 0.15) is 0 Å². The van der Waals surface area contributed by atoms with Gasteiger partial charge >= 0.3 is 0 Å². The second kappa shape index (κ2) is 8.08. The number of thiophene rings is 1. The summed E-state index contributed by atoms with van der Waals surface area (Å²) < 4.78 is 1.16. The molecular weight excluding hydrogens is 380 g/mol. The van der Waals surface area contributed by atoms with Crippen LogP contribution in [0.1, 0.15) is 20.5 Å². The van der Waals surface area contributed by atoms with E-state index in [9.17, 15) is 0 Å². The summed E-state index contributed by atoms with van der Waals surface area (Å²) in [6.45, 7) is 5.86. The Morgan fingerprint density at radius 2 is 2.14 bits per heavy atom. The molecule has 4 nitrogen and oxygen atoms in total. The molecule has 0 aliphatic carbocycles. The van der Waals surface area contributed by atoms with E-state index in [1.165, 1.54) is 9.75 Å². The number of aryl methyl sites for hydroxylation is 2. The summed E-state index contributed by atoms with van der Waals surface area (Å²) >= 11 is 7.04. The maximum atomic E-state index is 4.47. The largest absolute Gasteiger partial charge is 0.356 e. The molecule has 0 radical (unpaired) electrons. The van der Waals surface area contributed by atoms with Crippen molar-refractivity contribution in [3.05, 3.63) is 36.4 Å². The maximum absolute atomic E-state index is 4.47. The van der Waals surface area contributed by atoms with Crippen LogP contribution >= 0.6 is 38.6 Å². The zero-order chi connectivity index (χ0) is 16.1. The molecule has 7 heteroatoms. The highest BCUT2D eigenvalue weighted by Gasteiger charge is 2.09. The molecule has 120 valence electrons. The first-order chi connectivity index (χ1) is 10.5. The molecule has 0 atom stereocenters. The van der Waals surface area contributed by atoms with E-state index in [-0.39, 0.29) is 0 Å². The molecule has 0 unspecified atom stereocenters. The lowest BCUT2D eigenvalue weighted by Gasteiger charge is -2.21. The van der Waals surface area contributed by atoms with E-state index in [1.807, 2.05) is 7.05 Å². The van der Waals surface area contributed by atoms with E-state index in [4.69, 9.17) is 0 Å². The number of nitrogens with one attached hydrogen (secondary N) is 1. The number of guanidine groups is 1. The highest BCUT2D eigenvalue weighted by atomic mass is 79.9. The van der Waals surface area contributed by atoms with E-state index in [0.717, 1.165) is 40.0 Å². The zero-order valence-corrected chi connectivity index (χ0v) is 16.5. The van der Waals surface area contributed by atoms with E-state index in [1.54, 1.807) is 22.7 Å². The van der Waals surface area contributed by atoms with Crippen molar-refractivity contribution in [2.24, 2.45) is 4.99 Å². The van der Waals surface area contributed by atoms with Gasteiger partial charge in [0, 0.05) is 36.8 Å². The van der Waals surface area contributed by atoms with Crippen molar-refractivity contribution in [1.82, 2.24) is 15.2 Å². The molecule has 2 heterocycles. The molecule has 2 aromatic rings. The molecule has 0 aliphatic rings. The first kappa shape index (κ1) is 17.4. The summed E-state index contributed by atoms with van der Waals surface area (Å²) in [7, 11) is 3.89. The van der Waals surface area contributed by atoms with Gasteiger partial charge in [0.15, 0.2) is 5.96 Å². The van der Waals surface area contributed by atoms with Crippen LogP contribution < -0.4 is 5.32 Å². The fraction of sp³-hybridized carbons (Fsp3) is 0.467. The van der Waals surface area contributed by atoms with Crippen LogP contribution in [0.2, 0.25) is 0 Å². The molecule has 22 heavy (non-hydrogen) atoms. The monoisotopic (exact) mass is 400 g/mol. The fourth-order valence-electron chi connectivity index (χ4n) is 2.22. The van der Waals surface area contributed by atoms with Crippen molar-refractivity contribution in [2.75, 3.05) is 20.6 Å². The summed E-state index contributed by atoms with van der Waals surface area (Å²) in [5, 5.41) is 4.57. The Kier molecular flexibility index (Phi) is 6.40. The minimum Gasteiger partial charge on any atom is -0.356 e. The minimum absolute atomic E-state index is 0.856. The van der Waals surface area contributed by atoms with Gasteiger partial charge in [0.25, 0.3) is 0 Å². The maximum Gasteiger partial charge on any atom is 0.193 e. The van der Waals surface area contributed by atoms with Crippen molar-refractivity contribution >= 4 is 44.6 Å². The molecule has 0 fully saturated rings. The molecular formula is C15H21BrN4S2. The van der Waals surface area contributed by atoms with Gasteiger partial charge in [-0.05, 0) is 41.9 Å². The number of halogens is 1. The van der Waals surface area contributed by atoms with Crippen LogP contribution in [0.15, 0.2) is 20.9 Å². The first-order valence-electron chi connectivity index (χ1n) is 7.08. The lowest BCUT2D eigenvalue weighted by atomic mass is 10.3. The number of hydrogen-bond donors (Lipinski definition) is 1. The number of nitrogens with zero attached hydrogens (tertiary/aromatic N) is 3. The highest BCUT2D eigenvalue weighted by molar-refractivity contribution is 9.11. The summed E-state index contributed by atoms with van der Waals surface area (Å²) in [5.41, 5.74) is 1.15. The Bertz CT molecular complexity index is 648. The molecule has 1 N–H and O–H groups in total.